The Bertz CT molecular complexity index is 585. The summed E-state index contributed by atoms with van der Waals surface area (Å²) in [5, 5.41) is 2.86. The van der Waals surface area contributed by atoms with E-state index in [1.54, 1.807) is 11.8 Å². The number of hydrogen-bond acceptors (Lipinski definition) is 4. The van der Waals surface area contributed by atoms with Crippen molar-refractivity contribution in [3.05, 3.63) is 29.8 Å². The first-order chi connectivity index (χ1) is 11.1. The van der Waals surface area contributed by atoms with Gasteiger partial charge in [-0.05, 0) is 24.6 Å². The molecule has 3 rings (SSSR count). The fourth-order valence-electron chi connectivity index (χ4n) is 3.04. The molecule has 0 spiro atoms. The first kappa shape index (κ1) is 16.2. The van der Waals surface area contributed by atoms with Crippen molar-refractivity contribution in [2.75, 3.05) is 42.6 Å². The highest BCUT2D eigenvalue weighted by molar-refractivity contribution is 7.99. The third kappa shape index (κ3) is 3.99. The Balaban J connectivity index is 1.57. The Kier molecular flexibility index (Phi) is 5.10. The maximum absolute atomic E-state index is 12.6. The lowest BCUT2D eigenvalue weighted by molar-refractivity contribution is -0.135. The van der Waals surface area contributed by atoms with Crippen LogP contribution < -0.4 is 10.2 Å². The Hall–Kier alpha value is -1.69. The fraction of sp³-hybridized carbons (Fsp3) is 0.529. The molecule has 1 aromatic carbocycles. The summed E-state index contributed by atoms with van der Waals surface area (Å²) in [6.45, 7) is 5.19. The molecule has 0 saturated carbocycles. The van der Waals surface area contributed by atoms with E-state index in [0.717, 1.165) is 18.8 Å². The number of aryl methyl sites for hydroxylation is 1. The standard InChI is InChI=1S/C17H23N3O2S/c1-13-3-2-4-14(11-13)19-6-8-20(9-7-19)17(22)15-12-23-10-5-16(21)18-15/h2-4,11,15H,5-10,12H2,1H3,(H,18,21)/t15-/m1/s1. The van der Waals surface area contributed by atoms with Crippen molar-refractivity contribution in [2.24, 2.45) is 0 Å². The lowest BCUT2D eigenvalue weighted by Crippen LogP contribution is -2.55. The van der Waals surface area contributed by atoms with E-state index in [2.05, 4.69) is 41.4 Å². The van der Waals surface area contributed by atoms with Crippen molar-refractivity contribution in [1.82, 2.24) is 10.2 Å². The third-order valence-electron chi connectivity index (χ3n) is 4.35. The largest absolute Gasteiger partial charge is 0.368 e. The molecule has 2 fully saturated rings. The zero-order valence-electron chi connectivity index (χ0n) is 13.5. The fourth-order valence-corrected chi connectivity index (χ4v) is 4.00. The number of nitrogens with one attached hydrogen (secondary N) is 1. The third-order valence-corrected chi connectivity index (χ3v) is 5.41. The van der Waals surface area contributed by atoms with Crippen molar-refractivity contribution in [3.63, 3.8) is 0 Å². The van der Waals surface area contributed by atoms with Crippen LogP contribution in [0.15, 0.2) is 24.3 Å². The molecular weight excluding hydrogens is 310 g/mol. The minimum absolute atomic E-state index is 0.00764. The molecule has 1 N–H and O–H groups in total. The van der Waals surface area contributed by atoms with Gasteiger partial charge in [-0.3, -0.25) is 9.59 Å². The highest BCUT2D eigenvalue weighted by atomic mass is 32.2. The van der Waals surface area contributed by atoms with Gasteiger partial charge in [0.1, 0.15) is 6.04 Å². The van der Waals surface area contributed by atoms with Gasteiger partial charge >= 0.3 is 0 Å². The number of piperazine rings is 1. The monoisotopic (exact) mass is 333 g/mol. The van der Waals surface area contributed by atoms with Crippen molar-refractivity contribution in [2.45, 2.75) is 19.4 Å². The number of amides is 2. The summed E-state index contributed by atoms with van der Waals surface area (Å²) in [6, 6.07) is 8.10. The van der Waals surface area contributed by atoms with Gasteiger partial charge in [0.25, 0.3) is 0 Å². The molecule has 0 radical (unpaired) electrons. The van der Waals surface area contributed by atoms with Gasteiger partial charge in [-0.2, -0.15) is 11.8 Å². The smallest absolute Gasteiger partial charge is 0.246 e. The molecule has 1 aromatic rings. The molecule has 2 saturated heterocycles. The second-order valence-electron chi connectivity index (χ2n) is 6.10. The summed E-state index contributed by atoms with van der Waals surface area (Å²) in [5.74, 6) is 1.54. The van der Waals surface area contributed by atoms with Gasteiger partial charge in [-0.1, -0.05) is 12.1 Å². The molecule has 5 nitrogen and oxygen atoms in total. The van der Waals surface area contributed by atoms with Crippen LogP contribution in [0, 0.1) is 6.92 Å². The molecule has 2 aliphatic heterocycles. The van der Waals surface area contributed by atoms with Gasteiger partial charge in [-0.25, -0.2) is 0 Å². The van der Waals surface area contributed by atoms with Crippen LogP contribution in [0.3, 0.4) is 0 Å². The van der Waals surface area contributed by atoms with Gasteiger partial charge in [0.05, 0.1) is 0 Å². The molecule has 0 bridgehead atoms. The topological polar surface area (TPSA) is 52.7 Å². The summed E-state index contributed by atoms with van der Waals surface area (Å²) in [4.78, 5) is 28.5. The molecule has 23 heavy (non-hydrogen) atoms. The number of nitrogens with zero attached hydrogens (tertiary/aromatic N) is 2. The number of rotatable bonds is 2. The summed E-state index contributed by atoms with van der Waals surface area (Å²) in [7, 11) is 0. The average molecular weight is 333 g/mol. The second kappa shape index (κ2) is 7.25. The molecule has 2 heterocycles. The number of carbonyl (C=O) groups excluding carboxylic acids is 2. The van der Waals surface area contributed by atoms with Crippen LogP contribution in [0.1, 0.15) is 12.0 Å². The highest BCUT2D eigenvalue weighted by Crippen LogP contribution is 2.19. The van der Waals surface area contributed by atoms with E-state index < -0.39 is 0 Å². The van der Waals surface area contributed by atoms with E-state index in [4.69, 9.17) is 0 Å². The molecule has 1 atom stereocenters. The van der Waals surface area contributed by atoms with Gasteiger partial charge < -0.3 is 15.1 Å². The number of hydrogen-bond donors (Lipinski definition) is 1. The SMILES string of the molecule is Cc1cccc(N2CCN(C(=O)[C@H]3CSCCC(=O)N3)CC2)c1. The maximum atomic E-state index is 12.6. The lowest BCUT2D eigenvalue weighted by atomic mass is 10.2. The van der Waals surface area contributed by atoms with Crippen molar-refractivity contribution in [1.29, 1.82) is 0 Å². The van der Waals surface area contributed by atoms with Crippen LogP contribution in [-0.2, 0) is 9.59 Å². The molecule has 2 aliphatic rings. The predicted molar refractivity (Wildman–Crippen MR) is 93.8 cm³/mol. The van der Waals surface area contributed by atoms with Crippen LogP contribution in [0.2, 0.25) is 0 Å². The Labute approximate surface area is 141 Å². The molecule has 6 heteroatoms. The van der Waals surface area contributed by atoms with Crippen molar-refractivity contribution < 1.29 is 9.59 Å². The molecule has 0 unspecified atom stereocenters. The number of carbonyl (C=O) groups is 2. The number of anilines is 1. The van der Waals surface area contributed by atoms with E-state index in [0.29, 0.717) is 25.3 Å². The first-order valence-electron chi connectivity index (χ1n) is 8.11. The van der Waals surface area contributed by atoms with E-state index in [1.165, 1.54) is 11.3 Å². The maximum Gasteiger partial charge on any atom is 0.246 e. The van der Waals surface area contributed by atoms with Gasteiger partial charge in [-0.15, -0.1) is 0 Å². The normalized spacial score (nSPS) is 22.5. The van der Waals surface area contributed by atoms with Gasteiger partial charge in [0.2, 0.25) is 11.8 Å². The van der Waals surface area contributed by atoms with Crippen LogP contribution in [0.4, 0.5) is 5.69 Å². The van der Waals surface area contributed by atoms with Crippen LogP contribution in [0.5, 0.6) is 0 Å². The zero-order valence-corrected chi connectivity index (χ0v) is 14.3. The quantitative estimate of drug-likeness (QED) is 0.885. The lowest BCUT2D eigenvalue weighted by Gasteiger charge is -2.37. The molecule has 0 aliphatic carbocycles. The summed E-state index contributed by atoms with van der Waals surface area (Å²) >= 11 is 1.68. The van der Waals surface area contributed by atoms with Crippen LogP contribution >= 0.6 is 11.8 Å². The van der Waals surface area contributed by atoms with E-state index in [1.807, 2.05) is 4.90 Å². The van der Waals surface area contributed by atoms with Crippen LogP contribution in [0.25, 0.3) is 0 Å². The van der Waals surface area contributed by atoms with E-state index >= 15 is 0 Å². The van der Waals surface area contributed by atoms with E-state index in [-0.39, 0.29) is 17.9 Å². The minimum Gasteiger partial charge on any atom is -0.368 e. The summed E-state index contributed by atoms with van der Waals surface area (Å²) in [6.07, 6.45) is 0.510. The Morgan fingerprint density at radius 2 is 2.04 bits per heavy atom. The molecular formula is C17H23N3O2S. The number of benzene rings is 1. The zero-order chi connectivity index (χ0) is 16.2. The van der Waals surface area contributed by atoms with E-state index in [9.17, 15) is 9.59 Å². The predicted octanol–water partition coefficient (Wildman–Crippen LogP) is 1.27. The first-order valence-corrected chi connectivity index (χ1v) is 9.26. The molecule has 0 aromatic heterocycles. The van der Waals surface area contributed by atoms with Crippen molar-refractivity contribution in [3.8, 4) is 0 Å². The molecule has 2 amide bonds. The Morgan fingerprint density at radius 3 is 2.78 bits per heavy atom. The second-order valence-corrected chi connectivity index (χ2v) is 7.25. The summed E-state index contributed by atoms with van der Waals surface area (Å²) < 4.78 is 0. The van der Waals surface area contributed by atoms with Crippen LogP contribution in [-0.4, -0.2) is 60.4 Å². The van der Waals surface area contributed by atoms with Gasteiger partial charge in [0, 0.05) is 49.8 Å². The number of thioether (sulfide) groups is 1. The minimum atomic E-state index is -0.361. The highest BCUT2D eigenvalue weighted by Gasteiger charge is 2.29. The summed E-state index contributed by atoms with van der Waals surface area (Å²) in [5.41, 5.74) is 2.47. The average Bonchev–Trinajstić information content (AvgIpc) is 2.79. The Morgan fingerprint density at radius 1 is 1.26 bits per heavy atom. The van der Waals surface area contributed by atoms with Crippen molar-refractivity contribution >= 4 is 29.3 Å². The molecule has 124 valence electrons. The van der Waals surface area contributed by atoms with Gasteiger partial charge in [0.15, 0.2) is 0 Å².